The summed E-state index contributed by atoms with van der Waals surface area (Å²) in [5.74, 6) is -0.240. The van der Waals surface area contributed by atoms with Crippen LogP contribution in [0.5, 0.6) is 0 Å². The van der Waals surface area contributed by atoms with Gasteiger partial charge in [-0.25, -0.2) is 8.78 Å². The summed E-state index contributed by atoms with van der Waals surface area (Å²) >= 11 is 1.19. The molecule has 0 aliphatic carbocycles. The Bertz CT molecular complexity index is 261. The van der Waals surface area contributed by atoms with Gasteiger partial charge in [-0.1, -0.05) is 6.92 Å². The molecule has 0 fully saturated rings. The number of thioether (sulfide) groups is 1. The Morgan fingerprint density at radius 2 is 1.75 bits per heavy atom. The van der Waals surface area contributed by atoms with E-state index >= 15 is 0 Å². The van der Waals surface area contributed by atoms with Gasteiger partial charge in [0, 0.05) is 0 Å². The molecule has 0 saturated heterocycles. The number of hydrogen-bond acceptors (Lipinski definition) is 1. The number of halogens is 2. The van der Waals surface area contributed by atoms with E-state index in [0.29, 0.717) is 11.3 Å². The molecule has 12 heavy (non-hydrogen) atoms. The predicted octanol–water partition coefficient (Wildman–Crippen LogP) is 3.39. The standard InChI is InChI=1S/C9H10F2S/c1-3-12-9-7(10)4-6(2)5-8(9)11/h4-5H,3H2,1-2H3. The van der Waals surface area contributed by atoms with Gasteiger partial charge in [0.1, 0.15) is 11.6 Å². The molecular weight excluding hydrogens is 178 g/mol. The maximum absolute atomic E-state index is 13.0. The van der Waals surface area contributed by atoms with Crippen molar-refractivity contribution in [1.29, 1.82) is 0 Å². The Morgan fingerprint density at radius 1 is 1.25 bits per heavy atom. The highest BCUT2D eigenvalue weighted by Gasteiger charge is 2.08. The van der Waals surface area contributed by atoms with E-state index in [2.05, 4.69) is 0 Å². The maximum atomic E-state index is 13.0. The van der Waals surface area contributed by atoms with E-state index < -0.39 is 11.6 Å². The second-order valence-electron chi connectivity index (χ2n) is 2.49. The zero-order valence-corrected chi connectivity index (χ0v) is 7.84. The molecule has 0 heterocycles. The molecule has 1 rings (SSSR count). The van der Waals surface area contributed by atoms with Crippen molar-refractivity contribution in [2.24, 2.45) is 0 Å². The molecule has 0 saturated carbocycles. The Balaban J connectivity index is 3.10. The highest BCUT2D eigenvalue weighted by molar-refractivity contribution is 7.99. The molecule has 0 aliphatic heterocycles. The van der Waals surface area contributed by atoms with Gasteiger partial charge in [0.05, 0.1) is 4.90 Å². The zero-order chi connectivity index (χ0) is 9.14. The van der Waals surface area contributed by atoms with Crippen LogP contribution in [0.2, 0.25) is 0 Å². The van der Waals surface area contributed by atoms with Crippen LogP contribution >= 0.6 is 11.8 Å². The van der Waals surface area contributed by atoms with E-state index in [4.69, 9.17) is 0 Å². The van der Waals surface area contributed by atoms with Crippen LogP contribution in [0.3, 0.4) is 0 Å². The van der Waals surface area contributed by atoms with Gasteiger partial charge in [-0.15, -0.1) is 11.8 Å². The van der Waals surface area contributed by atoms with Gasteiger partial charge < -0.3 is 0 Å². The SMILES string of the molecule is CCSc1c(F)cc(C)cc1F. The topological polar surface area (TPSA) is 0 Å². The van der Waals surface area contributed by atoms with Crippen LogP contribution in [0.25, 0.3) is 0 Å². The third-order valence-corrected chi connectivity index (χ3v) is 2.40. The van der Waals surface area contributed by atoms with Gasteiger partial charge in [0.2, 0.25) is 0 Å². The van der Waals surface area contributed by atoms with E-state index in [9.17, 15) is 8.78 Å². The fourth-order valence-electron chi connectivity index (χ4n) is 0.969. The summed E-state index contributed by atoms with van der Waals surface area (Å²) in [5, 5.41) is 0. The molecule has 1 aromatic rings. The molecule has 0 radical (unpaired) electrons. The summed E-state index contributed by atoms with van der Waals surface area (Å²) in [6.45, 7) is 3.54. The van der Waals surface area contributed by atoms with Crippen LogP contribution in [-0.2, 0) is 0 Å². The van der Waals surface area contributed by atoms with Crippen molar-refractivity contribution < 1.29 is 8.78 Å². The largest absolute Gasteiger partial charge is 0.206 e. The summed E-state index contributed by atoms with van der Waals surface area (Å²) in [7, 11) is 0. The average molecular weight is 188 g/mol. The fourth-order valence-corrected chi connectivity index (χ4v) is 1.65. The molecule has 0 N–H and O–H groups in total. The van der Waals surface area contributed by atoms with Crippen molar-refractivity contribution in [3.05, 3.63) is 29.3 Å². The van der Waals surface area contributed by atoms with Gasteiger partial charge >= 0.3 is 0 Å². The molecule has 66 valence electrons. The second-order valence-corrected chi connectivity index (χ2v) is 3.76. The lowest BCUT2D eigenvalue weighted by molar-refractivity contribution is 0.539. The lowest BCUT2D eigenvalue weighted by atomic mass is 10.2. The minimum absolute atomic E-state index is 0.128. The van der Waals surface area contributed by atoms with Crippen LogP contribution in [0, 0.1) is 18.6 Å². The van der Waals surface area contributed by atoms with Gasteiger partial charge in [0.25, 0.3) is 0 Å². The molecule has 3 heteroatoms. The third kappa shape index (κ3) is 1.97. The maximum Gasteiger partial charge on any atom is 0.139 e. The van der Waals surface area contributed by atoms with Crippen LogP contribution < -0.4 is 0 Å². The summed E-state index contributed by atoms with van der Waals surface area (Å²) in [5.41, 5.74) is 0.616. The van der Waals surface area contributed by atoms with Crippen LogP contribution in [0.15, 0.2) is 17.0 Å². The minimum Gasteiger partial charge on any atom is -0.206 e. The molecule has 0 nitrogen and oxygen atoms in total. The summed E-state index contributed by atoms with van der Waals surface area (Å²) < 4.78 is 26.1. The minimum atomic E-state index is -0.459. The second kappa shape index (κ2) is 3.90. The van der Waals surface area contributed by atoms with Crippen molar-refractivity contribution in [2.45, 2.75) is 18.7 Å². The van der Waals surface area contributed by atoms with E-state index in [-0.39, 0.29) is 4.90 Å². The van der Waals surface area contributed by atoms with Gasteiger partial charge in [0.15, 0.2) is 0 Å². The fraction of sp³-hybridized carbons (Fsp3) is 0.333. The third-order valence-electron chi connectivity index (χ3n) is 1.43. The van der Waals surface area contributed by atoms with Crippen molar-refractivity contribution in [3.8, 4) is 0 Å². The number of hydrogen-bond donors (Lipinski definition) is 0. The molecule has 0 bridgehead atoms. The first kappa shape index (κ1) is 9.52. The Morgan fingerprint density at radius 3 is 2.17 bits per heavy atom. The van der Waals surface area contributed by atoms with Crippen molar-refractivity contribution in [3.63, 3.8) is 0 Å². The molecule has 1 aromatic carbocycles. The first-order valence-electron chi connectivity index (χ1n) is 3.73. The normalized spacial score (nSPS) is 10.3. The van der Waals surface area contributed by atoms with E-state index in [1.165, 1.54) is 23.9 Å². The number of benzene rings is 1. The molecule has 0 unspecified atom stereocenters. The molecule has 0 aromatic heterocycles. The van der Waals surface area contributed by atoms with Gasteiger partial charge in [-0.05, 0) is 30.4 Å². The smallest absolute Gasteiger partial charge is 0.139 e. The van der Waals surface area contributed by atoms with Gasteiger partial charge in [-0.3, -0.25) is 0 Å². The quantitative estimate of drug-likeness (QED) is 0.641. The number of aryl methyl sites for hydroxylation is 1. The zero-order valence-electron chi connectivity index (χ0n) is 7.03. The first-order valence-corrected chi connectivity index (χ1v) is 4.72. The van der Waals surface area contributed by atoms with E-state index in [0.717, 1.165) is 0 Å². The van der Waals surface area contributed by atoms with Crippen molar-refractivity contribution >= 4 is 11.8 Å². The molecule has 0 spiro atoms. The summed E-state index contributed by atoms with van der Waals surface area (Å²) in [6.07, 6.45) is 0. The van der Waals surface area contributed by atoms with Crippen molar-refractivity contribution in [2.75, 3.05) is 5.75 Å². The molecule has 0 amide bonds. The van der Waals surface area contributed by atoms with Crippen LogP contribution in [-0.4, -0.2) is 5.75 Å². The van der Waals surface area contributed by atoms with E-state index in [1.54, 1.807) is 6.92 Å². The molecule has 0 aliphatic rings. The lowest BCUT2D eigenvalue weighted by Gasteiger charge is -2.03. The van der Waals surface area contributed by atoms with Crippen LogP contribution in [0.4, 0.5) is 8.78 Å². The monoisotopic (exact) mass is 188 g/mol. The lowest BCUT2D eigenvalue weighted by Crippen LogP contribution is -1.89. The molecular formula is C9H10F2S. The van der Waals surface area contributed by atoms with Gasteiger partial charge in [-0.2, -0.15) is 0 Å². The molecule has 0 atom stereocenters. The number of rotatable bonds is 2. The first-order chi connectivity index (χ1) is 5.65. The average Bonchev–Trinajstić information content (AvgIpc) is 1.96. The predicted molar refractivity (Wildman–Crippen MR) is 47.5 cm³/mol. The Hall–Kier alpha value is -0.570. The van der Waals surface area contributed by atoms with Crippen molar-refractivity contribution in [1.82, 2.24) is 0 Å². The summed E-state index contributed by atoms with van der Waals surface area (Å²) in [6, 6.07) is 2.70. The highest BCUT2D eigenvalue weighted by atomic mass is 32.2. The Labute approximate surface area is 75.0 Å². The van der Waals surface area contributed by atoms with E-state index in [1.807, 2.05) is 6.92 Å². The van der Waals surface area contributed by atoms with Crippen LogP contribution in [0.1, 0.15) is 12.5 Å². The Kier molecular flexibility index (Phi) is 3.09. The highest BCUT2D eigenvalue weighted by Crippen LogP contribution is 2.25. The summed E-state index contributed by atoms with van der Waals surface area (Å²) in [4.78, 5) is 0.128.